The van der Waals surface area contributed by atoms with Crippen molar-refractivity contribution in [2.45, 2.75) is 43.9 Å². The van der Waals surface area contributed by atoms with Gasteiger partial charge in [-0.15, -0.1) is 0 Å². The van der Waals surface area contributed by atoms with Crippen molar-refractivity contribution < 1.29 is 18.0 Å². The molecule has 5 aliphatic rings. The largest absolute Gasteiger partial charge is 0.342 e. The number of hydrogen-bond donors (Lipinski definition) is 0. The number of nitrogens with zero attached hydrogens (tertiary/aromatic N) is 3. The van der Waals surface area contributed by atoms with Crippen LogP contribution in [-0.2, 0) is 25.0 Å². The smallest absolute Gasteiger partial charge is 0.243 e. The molecule has 4 saturated carbocycles. The average Bonchev–Trinajstić information content (AvgIpc) is 2.76. The van der Waals surface area contributed by atoms with Crippen LogP contribution >= 0.6 is 0 Å². The van der Waals surface area contributed by atoms with E-state index in [0.29, 0.717) is 31.9 Å². The van der Waals surface area contributed by atoms with Crippen molar-refractivity contribution in [2.24, 2.45) is 17.8 Å². The van der Waals surface area contributed by atoms with Gasteiger partial charge < -0.3 is 9.80 Å². The van der Waals surface area contributed by atoms with Gasteiger partial charge in [0, 0.05) is 26.2 Å². The molecule has 6 rings (SSSR count). The van der Waals surface area contributed by atoms with Gasteiger partial charge in [0.2, 0.25) is 22.3 Å². The topological polar surface area (TPSA) is 78.0 Å². The van der Waals surface area contributed by atoms with Gasteiger partial charge >= 0.3 is 0 Å². The van der Waals surface area contributed by atoms with E-state index < -0.39 is 10.0 Å². The summed E-state index contributed by atoms with van der Waals surface area (Å²) < 4.78 is 26.3. The van der Waals surface area contributed by atoms with E-state index in [4.69, 9.17) is 0 Å². The van der Waals surface area contributed by atoms with Crippen LogP contribution in [0.1, 0.15) is 44.1 Å². The van der Waals surface area contributed by atoms with Crippen LogP contribution in [0.5, 0.6) is 0 Å². The molecule has 7 nitrogen and oxygen atoms in total. The van der Waals surface area contributed by atoms with Crippen LogP contribution in [0.4, 0.5) is 5.69 Å². The van der Waals surface area contributed by atoms with E-state index in [-0.39, 0.29) is 17.9 Å². The van der Waals surface area contributed by atoms with Crippen molar-refractivity contribution in [3.8, 4) is 0 Å². The molecule has 1 heterocycles. The minimum absolute atomic E-state index is 0.212. The molecule has 0 unspecified atom stereocenters. The lowest BCUT2D eigenvalue weighted by Gasteiger charge is -2.57. The fourth-order valence-electron chi connectivity index (χ4n) is 7.15. The summed E-state index contributed by atoms with van der Waals surface area (Å²) in [6, 6.07) is 7.97. The highest BCUT2D eigenvalue weighted by Gasteiger charge is 2.51. The van der Waals surface area contributed by atoms with Crippen LogP contribution in [0.2, 0.25) is 0 Å². The molecule has 5 fully saturated rings. The summed E-state index contributed by atoms with van der Waals surface area (Å²) in [5.74, 6) is 2.33. The van der Waals surface area contributed by atoms with Crippen molar-refractivity contribution in [3.05, 3.63) is 29.8 Å². The van der Waals surface area contributed by atoms with E-state index in [1.54, 1.807) is 9.80 Å². The molecule has 0 spiro atoms. The van der Waals surface area contributed by atoms with E-state index in [2.05, 4.69) is 12.1 Å². The van der Waals surface area contributed by atoms with Crippen LogP contribution in [0.15, 0.2) is 24.3 Å². The zero-order chi connectivity index (χ0) is 22.5. The third-order valence-corrected chi connectivity index (χ3v) is 9.44. The number of anilines is 1. The molecule has 1 aromatic rings. The molecule has 174 valence electrons. The highest BCUT2D eigenvalue weighted by atomic mass is 32.2. The number of carbonyl (C=O) groups is 2. The molecule has 0 atom stereocenters. The summed E-state index contributed by atoms with van der Waals surface area (Å²) in [5.41, 5.74) is 2.14. The standard InChI is InChI=1S/C24H33N3O4S/c1-32(30,31)27(16-23(29)26-8-6-25(17-28)7-9-26)22-4-2-21(3-5-22)24-13-18-10-19(14-24)12-20(11-18)15-24/h2-5,17-20H,6-16H2,1H3. The van der Waals surface area contributed by atoms with Gasteiger partial charge in [-0.25, -0.2) is 8.42 Å². The van der Waals surface area contributed by atoms with Gasteiger partial charge in [0.05, 0.1) is 11.9 Å². The Kier molecular flexibility index (Phi) is 5.47. The molecule has 4 bridgehead atoms. The number of amides is 2. The Labute approximate surface area is 190 Å². The van der Waals surface area contributed by atoms with E-state index in [0.717, 1.165) is 30.4 Å². The number of sulfonamides is 1. The Morgan fingerprint density at radius 1 is 1.00 bits per heavy atom. The van der Waals surface area contributed by atoms with Crippen molar-refractivity contribution in [3.63, 3.8) is 0 Å². The molecule has 0 aromatic heterocycles. The van der Waals surface area contributed by atoms with Gasteiger partial charge in [0.25, 0.3) is 0 Å². The molecule has 32 heavy (non-hydrogen) atoms. The maximum atomic E-state index is 12.8. The van der Waals surface area contributed by atoms with Crippen LogP contribution in [0.3, 0.4) is 0 Å². The summed E-state index contributed by atoms with van der Waals surface area (Å²) in [4.78, 5) is 27.0. The molecule has 1 aromatic carbocycles. The van der Waals surface area contributed by atoms with Gasteiger partial charge in [-0.2, -0.15) is 0 Å². The number of benzene rings is 1. The summed E-state index contributed by atoms with van der Waals surface area (Å²) in [5, 5.41) is 0. The molecule has 0 N–H and O–H groups in total. The third-order valence-electron chi connectivity index (χ3n) is 8.30. The molecule has 1 saturated heterocycles. The van der Waals surface area contributed by atoms with E-state index in [9.17, 15) is 18.0 Å². The monoisotopic (exact) mass is 459 g/mol. The van der Waals surface area contributed by atoms with Gasteiger partial charge in [-0.05, 0) is 79.4 Å². The van der Waals surface area contributed by atoms with Gasteiger partial charge in [-0.3, -0.25) is 13.9 Å². The number of carbonyl (C=O) groups excluding carboxylic acids is 2. The first kappa shape index (κ1) is 21.7. The molecule has 4 aliphatic carbocycles. The van der Waals surface area contributed by atoms with Crippen molar-refractivity contribution in [1.29, 1.82) is 0 Å². The van der Waals surface area contributed by atoms with Crippen LogP contribution in [0.25, 0.3) is 0 Å². The predicted molar refractivity (Wildman–Crippen MR) is 123 cm³/mol. The minimum atomic E-state index is -3.61. The first-order chi connectivity index (χ1) is 15.3. The summed E-state index contributed by atoms with van der Waals surface area (Å²) in [6.45, 7) is 1.61. The molecular formula is C24H33N3O4S. The van der Waals surface area contributed by atoms with Crippen molar-refractivity contribution in [2.75, 3.05) is 43.3 Å². The van der Waals surface area contributed by atoms with Crippen molar-refractivity contribution in [1.82, 2.24) is 9.80 Å². The lowest BCUT2D eigenvalue weighted by atomic mass is 9.48. The Morgan fingerprint density at radius 3 is 2.00 bits per heavy atom. The summed E-state index contributed by atoms with van der Waals surface area (Å²) in [6.07, 6.45) is 9.90. The number of hydrogen-bond acceptors (Lipinski definition) is 4. The second kappa shape index (κ2) is 8.04. The maximum Gasteiger partial charge on any atom is 0.243 e. The average molecular weight is 460 g/mol. The lowest BCUT2D eigenvalue weighted by Crippen LogP contribution is -2.51. The Hall–Kier alpha value is -2.09. The highest BCUT2D eigenvalue weighted by molar-refractivity contribution is 7.92. The second-order valence-corrected chi connectivity index (χ2v) is 12.4. The molecule has 1 aliphatic heterocycles. The summed E-state index contributed by atoms with van der Waals surface area (Å²) in [7, 11) is -3.61. The Bertz CT molecular complexity index is 948. The first-order valence-electron chi connectivity index (χ1n) is 11.8. The van der Waals surface area contributed by atoms with Crippen LogP contribution in [-0.4, -0.2) is 69.5 Å². The van der Waals surface area contributed by atoms with E-state index >= 15 is 0 Å². The highest BCUT2D eigenvalue weighted by Crippen LogP contribution is 2.60. The van der Waals surface area contributed by atoms with E-state index in [1.807, 2.05) is 12.1 Å². The quantitative estimate of drug-likeness (QED) is 0.611. The molecular weight excluding hydrogens is 426 g/mol. The fraction of sp³-hybridized carbons (Fsp3) is 0.667. The second-order valence-electron chi connectivity index (χ2n) is 10.5. The minimum Gasteiger partial charge on any atom is -0.342 e. The van der Waals surface area contributed by atoms with Crippen LogP contribution < -0.4 is 4.31 Å². The van der Waals surface area contributed by atoms with E-state index in [1.165, 1.54) is 48.4 Å². The SMILES string of the molecule is CS(=O)(=O)N(CC(=O)N1CCN(C=O)CC1)c1ccc(C23CC4CC(CC(C4)C2)C3)cc1. The Morgan fingerprint density at radius 2 is 1.53 bits per heavy atom. The first-order valence-corrected chi connectivity index (χ1v) is 13.7. The Balaban J connectivity index is 1.33. The zero-order valence-corrected chi connectivity index (χ0v) is 19.6. The van der Waals surface area contributed by atoms with Crippen molar-refractivity contribution >= 4 is 28.0 Å². The maximum absolute atomic E-state index is 12.8. The van der Waals surface area contributed by atoms with Gasteiger partial charge in [0.1, 0.15) is 6.54 Å². The number of piperazine rings is 1. The fourth-order valence-corrected chi connectivity index (χ4v) is 7.99. The van der Waals surface area contributed by atoms with Crippen LogP contribution in [0, 0.1) is 17.8 Å². The third kappa shape index (κ3) is 4.02. The van der Waals surface area contributed by atoms with Gasteiger partial charge in [0.15, 0.2) is 0 Å². The lowest BCUT2D eigenvalue weighted by molar-refractivity contribution is -0.133. The zero-order valence-electron chi connectivity index (χ0n) is 18.8. The molecule has 2 amide bonds. The molecule has 8 heteroatoms. The van der Waals surface area contributed by atoms with Gasteiger partial charge in [-0.1, -0.05) is 12.1 Å². The number of rotatable bonds is 6. The summed E-state index contributed by atoms with van der Waals surface area (Å²) >= 11 is 0. The predicted octanol–water partition coefficient (Wildman–Crippen LogP) is 2.22. The molecule has 0 radical (unpaired) electrons. The normalized spacial score (nSPS) is 31.6.